The summed E-state index contributed by atoms with van der Waals surface area (Å²) in [4.78, 5) is 7.19. The zero-order valence-corrected chi connectivity index (χ0v) is 13.6. The molecule has 0 aliphatic heterocycles. The first-order valence-corrected chi connectivity index (χ1v) is 9.24. The van der Waals surface area contributed by atoms with Gasteiger partial charge in [-0.25, -0.2) is 4.98 Å². The Hall–Kier alpha value is -1.01. The molecule has 104 valence electrons. The van der Waals surface area contributed by atoms with Crippen molar-refractivity contribution in [1.29, 1.82) is 0 Å². The van der Waals surface area contributed by atoms with Crippen molar-refractivity contribution >= 4 is 34.0 Å². The zero-order chi connectivity index (χ0) is 13.8. The standard InChI is InChI=1S/C15H16N2S3/c1-2-11(15-16-7-10-20-15)17-14(12-5-3-8-18-12)13-6-4-9-19-13/h3-11,14,17H,2H2,1H3. The molecule has 0 aliphatic rings. The molecule has 3 aromatic heterocycles. The van der Waals surface area contributed by atoms with Gasteiger partial charge in [0.25, 0.3) is 0 Å². The number of rotatable bonds is 6. The van der Waals surface area contributed by atoms with Gasteiger partial charge >= 0.3 is 0 Å². The van der Waals surface area contributed by atoms with E-state index < -0.39 is 0 Å². The lowest BCUT2D eigenvalue weighted by Crippen LogP contribution is -2.25. The van der Waals surface area contributed by atoms with E-state index in [1.165, 1.54) is 14.8 Å². The Balaban J connectivity index is 1.87. The van der Waals surface area contributed by atoms with Gasteiger partial charge in [-0.2, -0.15) is 0 Å². The number of thiazole rings is 1. The number of nitrogens with one attached hydrogen (secondary N) is 1. The van der Waals surface area contributed by atoms with E-state index in [0.29, 0.717) is 6.04 Å². The second-order valence-corrected chi connectivity index (χ2v) is 7.35. The molecule has 1 N–H and O–H groups in total. The van der Waals surface area contributed by atoms with Crippen molar-refractivity contribution in [3.63, 3.8) is 0 Å². The second-order valence-electron chi connectivity index (χ2n) is 4.46. The minimum absolute atomic E-state index is 0.267. The quantitative estimate of drug-likeness (QED) is 0.684. The molecule has 0 bridgehead atoms. The fourth-order valence-corrected chi connectivity index (χ4v) is 4.65. The third-order valence-electron chi connectivity index (χ3n) is 3.18. The van der Waals surface area contributed by atoms with E-state index in [9.17, 15) is 0 Å². The minimum Gasteiger partial charge on any atom is -0.296 e. The lowest BCUT2D eigenvalue weighted by atomic mass is 10.1. The fourth-order valence-electron chi connectivity index (χ4n) is 2.19. The van der Waals surface area contributed by atoms with E-state index in [2.05, 4.69) is 52.3 Å². The topological polar surface area (TPSA) is 24.9 Å². The largest absolute Gasteiger partial charge is 0.296 e. The zero-order valence-electron chi connectivity index (χ0n) is 11.2. The Morgan fingerprint density at radius 2 is 1.75 bits per heavy atom. The van der Waals surface area contributed by atoms with E-state index in [-0.39, 0.29) is 6.04 Å². The van der Waals surface area contributed by atoms with Crippen LogP contribution >= 0.6 is 34.0 Å². The van der Waals surface area contributed by atoms with Crippen LogP contribution in [0.25, 0.3) is 0 Å². The SMILES string of the molecule is CCC(NC(c1cccs1)c1cccs1)c1nccs1. The average Bonchev–Trinajstić information content (AvgIpc) is 3.23. The Morgan fingerprint density at radius 1 is 1.05 bits per heavy atom. The first kappa shape index (κ1) is 13.9. The van der Waals surface area contributed by atoms with Crippen LogP contribution in [0.1, 0.15) is 40.2 Å². The third-order valence-corrected chi connectivity index (χ3v) is 5.94. The minimum atomic E-state index is 0.267. The average molecular weight is 321 g/mol. The summed E-state index contributed by atoms with van der Waals surface area (Å²) < 4.78 is 0. The van der Waals surface area contributed by atoms with Crippen LogP contribution in [0, 0.1) is 0 Å². The summed E-state index contributed by atoms with van der Waals surface area (Å²) in [5.41, 5.74) is 0. The molecule has 3 rings (SSSR count). The summed E-state index contributed by atoms with van der Waals surface area (Å²) in [6.07, 6.45) is 2.93. The Kier molecular flexibility index (Phi) is 4.62. The van der Waals surface area contributed by atoms with Crippen molar-refractivity contribution < 1.29 is 0 Å². The number of hydrogen-bond donors (Lipinski definition) is 1. The molecule has 20 heavy (non-hydrogen) atoms. The second kappa shape index (κ2) is 6.63. The van der Waals surface area contributed by atoms with Crippen molar-refractivity contribution in [2.45, 2.75) is 25.4 Å². The molecule has 0 aromatic carbocycles. The lowest BCUT2D eigenvalue weighted by Gasteiger charge is -2.22. The lowest BCUT2D eigenvalue weighted by molar-refractivity contribution is 0.480. The van der Waals surface area contributed by atoms with Gasteiger partial charge < -0.3 is 0 Å². The van der Waals surface area contributed by atoms with E-state index in [1.807, 2.05) is 11.6 Å². The van der Waals surface area contributed by atoms with Gasteiger partial charge in [0.15, 0.2) is 0 Å². The summed E-state index contributed by atoms with van der Waals surface area (Å²) in [6, 6.07) is 9.22. The van der Waals surface area contributed by atoms with Gasteiger partial charge in [-0.3, -0.25) is 5.32 Å². The molecular weight excluding hydrogens is 304 g/mol. The van der Waals surface area contributed by atoms with E-state index in [1.54, 1.807) is 34.0 Å². The number of nitrogens with zero attached hydrogens (tertiary/aromatic N) is 1. The molecule has 0 fully saturated rings. The van der Waals surface area contributed by atoms with Crippen LogP contribution in [0.5, 0.6) is 0 Å². The van der Waals surface area contributed by atoms with Crippen LogP contribution in [0.2, 0.25) is 0 Å². The van der Waals surface area contributed by atoms with Crippen LogP contribution in [0.4, 0.5) is 0 Å². The molecule has 3 heterocycles. The smallest absolute Gasteiger partial charge is 0.109 e. The van der Waals surface area contributed by atoms with Gasteiger partial charge in [-0.05, 0) is 29.3 Å². The van der Waals surface area contributed by atoms with Crippen LogP contribution in [0.3, 0.4) is 0 Å². The van der Waals surface area contributed by atoms with Crippen LogP contribution < -0.4 is 5.32 Å². The highest BCUT2D eigenvalue weighted by Gasteiger charge is 2.21. The fraction of sp³-hybridized carbons (Fsp3) is 0.267. The van der Waals surface area contributed by atoms with Crippen LogP contribution in [0.15, 0.2) is 46.6 Å². The van der Waals surface area contributed by atoms with Crippen LogP contribution in [-0.4, -0.2) is 4.98 Å². The van der Waals surface area contributed by atoms with Gasteiger partial charge in [0.1, 0.15) is 5.01 Å². The predicted molar refractivity (Wildman–Crippen MR) is 88.8 cm³/mol. The molecule has 3 aromatic rings. The summed E-state index contributed by atoms with van der Waals surface area (Å²) >= 11 is 5.34. The molecular formula is C15H16N2S3. The van der Waals surface area contributed by atoms with Gasteiger partial charge in [-0.1, -0.05) is 19.1 Å². The third kappa shape index (κ3) is 3.01. The van der Waals surface area contributed by atoms with Crippen molar-refractivity contribution in [3.8, 4) is 0 Å². The molecule has 1 atom stereocenters. The Labute approximate surface area is 131 Å². The number of hydrogen-bond acceptors (Lipinski definition) is 5. The summed E-state index contributed by atoms with van der Waals surface area (Å²) in [7, 11) is 0. The molecule has 1 unspecified atom stereocenters. The van der Waals surface area contributed by atoms with Crippen molar-refractivity contribution in [2.24, 2.45) is 0 Å². The first-order valence-electron chi connectivity index (χ1n) is 6.60. The van der Waals surface area contributed by atoms with Gasteiger partial charge in [0.2, 0.25) is 0 Å². The van der Waals surface area contributed by atoms with Crippen molar-refractivity contribution in [1.82, 2.24) is 10.3 Å². The van der Waals surface area contributed by atoms with Crippen LogP contribution in [-0.2, 0) is 0 Å². The van der Waals surface area contributed by atoms with Gasteiger partial charge in [0.05, 0.1) is 12.1 Å². The maximum atomic E-state index is 4.47. The summed E-state index contributed by atoms with van der Waals surface area (Å²) in [5, 5.41) is 11.3. The molecule has 0 amide bonds. The van der Waals surface area contributed by atoms with E-state index in [4.69, 9.17) is 0 Å². The number of aromatic nitrogens is 1. The van der Waals surface area contributed by atoms with Crippen molar-refractivity contribution in [2.75, 3.05) is 0 Å². The monoisotopic (exact) mass is 320 g/mol. The van der Waals surface area contributed by atoms with E-state index in [0.717, 1.165) is 6.42 Å². The highest BCUT2D eigenvalue weighted by atomic mass is 32.1. The normalized spacial score (nSPS) is 12.9. The molecule has 0 saturated carbocycles. The highest BCUT2D eigenvalue weighted by molar-refractivity contribution is 7.11. The molecule has 0 spiro atoms. The van der Waals surface area contributed by atoms with Gasteiger partial charge in [0, 0.05) is 21.3 Å². The maximum Gasteiger partial charge on any atom is 0.109 e. The maximum absolute atomic E-state index is 4.47. The Morgan fingerprint density at radius 3 is 2.20 bits per heavy atom. The number of thiophene rings is 2. The van der Waals surface area contributed by atoms with E-state index >= 15 is 0 Å². The summed E-state index contributed by atoms with van der Waals surface area (Å²) in [6.45, 7) is 2.21. The molecule has 0 radical (unpaired) electrons. The van der Waals surface area contributed by atoms with Crippen molar-refractivity contribution in [3.05, 3.63) is 61.4 Å². The van der Waals surface area contributed by atoms with Gasteiger partial charge in [-0.15, -0.1) is 34.0 Å². The molecule has 0 saturated heterocycles. The molecule has 2 nitrogen and oxygen atoms in total. The Bertz CT molecular complexity index is 565. The first-order chi connectivity index (χ1) is 9.88. The predicted octanol–water partition coefficient (Wildman–Crippen LogP) is 5.10. The highest BCUT2D eigenvalue weighted by Crippen LogP contribution is 2.32. The summed E-state index contributed by atoms with van der Waals surface area (Å²) in [5.74, 6) is 0. The molecule has 5 heteroatoms. The molecule has 0 aliphatic carbocycles.